The lowest BCUT2D eigenvalue weighted by molar-refractivity contribution is -0.115. The molecule has 3 nitrogen and oxygen atoms in total. The summed E-state index contributed by atoms with van der Waals surface area (Å²) in [4.78, 5) is 0. The van der Waals surface area contributed by atoms with Crippen molar-refractivity contribution in [3.05, 3.63) is 0 Å². The van der Waals surface area contributed by atoms with Gasteiger partial charge in [0.05, 0.1) is 18.3 Å². The highest BCUT2D eigenvalue weighted by Gasteiger charge is 2.51. The molecule has 0 aromatic heterocycles. The molecule has 0 saturated heterocycles. The van der Waals surface area contributed by atoms with Crippen molar-refractivity contribution >= 4 is 0 Å². The van der Waals surface area contributed by atoms with E-state index in [2.05, 4.69) is 41.5 Å². The summed E-state index contributed by atoms with van der Waals surface area (Å²) in [6.45, 7) is 13.6. The van der Waals surface area contributed by atoms with Crippen molar-refractivity contribution in [1.82, 2.24) is 0 Å². The Balaban J connectivity index is 1.95. The molecule has 0 bridgehead atoms. The zero-order chi connectivity index (χ0) is 20.7. The summed E-state index contributed by atoms with van der Waals surface area (Å²) >= 11 is 0. The third-order valence-corrected chi connectivity index (χ3v) is 9.81. The van der Waals surface area contributed by atoms with Gasteiger partial charge in [-0.1, -0.05) is 54.4 Å². The van der Waals surface area contributed by atoms with E-state index in [0.29, 0.717) is 59.2 Å². The smallest absolute Gasteiger partial charge is 0.0594 e. The second-order valence-corrected chi connectivity index (χ2v) is 11.3. The van der Waals surface area contributed by atoms with E-state index in [-0.39, 0.29) is 18.3 Å². The Morgan fingerprint density at radius 3 is 1.43 bits per heavy atom. The molecule has 3 saturated carbocycles. The molecule has 0 radical (unpaired) electrons. The second kappa shape index (κ2) is 8.94. The molecular formula is C25H46O3. The van der Waals surface area contributed by atoms with Crippen molar-refractivity contribution in [3.63, 3.8) is 0 Å². The van der Waals surface area contributed by atoms with Crippen molar-refractivity contribution in [2.24, 2.45) is 59.2 Å². The van der Waals surface area contributed by atoms with E-state index in [4.69, 9.17) is 0 Å². The van der Waals surface area contributed by atoms with E-state index in [1.54, 1.807) is 0 Å². The van der Waals surface area contributed by atoms with Gasteiger partial charge < -0.3 is 15.3 Å². The average Bonchev–Trinajstić information content (AvgIpc) is 2.67. The maximum absolute atomic E-state index is 11.0. The van der Waals surface area contributed by atoms with Crippen LogP contribution in [0, 0.1) is 59.2 Å². The Kier molecular flexibility index (Phi) is 7.20. The predicted molar refractivity (Wildman–Crippen MR) is 115 cm³/mol. The van der Waals surface area contributed by atoms with Crippen LogP contribution in [0.3, 0.4) is 0 Å². The van der Waals surface area contributed by atoms with Gasteiger partial charge in [0.1, 0.15) is 0 Å². The molecule has 0 amide bonds. The maximum atomic E-state index is 11.0. The Hall–Kier alpha value is -0.120. The highest BCUT2D eigenvalue weighted by atomic mass is 16.3. The van der Waals surface area contributed by atoms with E-state index < -0.39 is 0 Å². The Morgan fingerprint density at radius 1 is 0.571 bits per heavy atom. The fraction of sp³-hybridized carbons (Fsp3) is 1.00. The zero-order valence-corrected chi connectivity index (χ0v) is 19.1. The Labute approximate surface area is 173 Å². The molecule has 3 heteroatoms. The summed E-state index contributed by atoms with van der Waals surface area (Å²) in [7, 11) is 0. The molecule has 3 rings (SSSR count). The van der Waals surface area contributed by atoms with Gasteiger partial charge in [0.2, 0.25) is 0 Å². The quantitative estimate of drug-likeness (QED) is 0.648. The van der Waals surface area contributed by atoms with Crippen molar-refractivity contribution < 1.29 is 15.3 Å². The zero-order valence-electron chi connectivity index (χ0n) is 19.1. The summed E-state index contributed by atoms with van der Waals surface area (Å²) in [6, 6.07) is 0. The number of rotatable bonds is 3. The summed E-state index contributed by atoms with van der Waals surface area (Å²) in [5, 5.41) is 32.4. The molecule has 0 aromatic rings. The van der Waals surface area contributed by atoms with Gasteiger partial charge in [-0.05, 0) is 84.9 Å². The van der Waals surface area contributed by atoms with E-state index in [9.17, 15) is 15.3 Å². The Bertz CT molecular complexity index is 474. The van der Waals surface area contributed by atoms with Gasteiger partial charge in [-0.15, -0.1) is 0 Å². The van der Waals surface area contributed by atoms with Crippen LogP contribution in [-0.4, -0.2) is 33.6 Å². The molecule has 0 heterocycles. The fourth-order valence-corrected chi connectivity index (χ4v) is 7.56. The van der Waals surface area contributed by atoms with Crippen LogP contribution in [0.4, 0.5) is 0 Å². The molecule has 0 aromatic carbocycles. The first-order chi connectivity index (χ1) is 13.1. The average molecular weight is 395 g/mol. The van der Waals surface area contributed by atoms with Crippen LogP contribution in [0.5, 0.6) is 0 Å². The molecule has 0 aliphatic heterocycles. The molecule has 3 aliphatic rings. The van der Waals surface area contributed by atoms with Crippen LogP contribution in [0.15, 0.2) is 0 Å². The van der Waals surface area contributed by atoms with Gasteiger partial charge in [0.25, 0.3) is 0 Å². The molecular weight excluding hydrogens is 348 g/mol. The van der Waals surface area contributed by atoms with Gasteiger partial charge in [-0.25, -0.2) is 0 Å². The molecule has 28 heavy (non-hydrogen) atoms. The lowest BCUT2D eigenvalue weighted by atomic mass is 9.52. The molecule has 3 N–H and O–H groups in total. The molecule has 3 fully saturated rings. The van der Waals surface area contributed by atoms with E-state index >= 15 is 0 Å². The first kappa shape index (κ1) is 22.6. The lowest BCUT2D eigenvalue weighted by Crippen LogP contribution is -2.52. The van der Waals surface area contributed by atoms with Gasteiger partial charge in [0, 0.05) is 0 Å². The van der Waals surface area contributed by atoms with E-state index in [0.717, 1.165) is 32.1 Å². The molecule has 12 unspecified atom stereocenters. The third kappa shape index (κ3) is 4.05. The molecule has 164 valence electrons. The van der Waals surface area contributed by atoms with Crippen LogP contribution in [0.2, 0.25) is 0 Å². The number of hydrogen-bond donors (Lipinski definition) is 3. The van der Waals surface area contributed by atoms with Crippen LogP contribution >= 0.6 is 0 Å². The highest BCUT2D eigenvalue weighted by molar-refractivity contribution is 4.99. The normalized spacial score (nSPS) is 54.3. The van der Waals surface area contributed by atoms with Crippen molar-refractivity contribution in [1.29, 1.82) is 0 Å². The highest BCUT2D eigenvalue weighted by Crippen LogP contribution is 2.54. The maximum Gasteiger partial charge on any atom is 0.0594 e. The van der Waals surface area contributed by atoms with Crippen molar-refractivity contribution in [2.75, 3.05) is 0 Å². The minimum Gasteiger partial charge on any atom is -0.393 e. The summed E-state index contributed by atoms with van der Waals surface area (Å²) < 4.78 is 0. The third-order valence-electron chi connectivity index (χ3n) is 9.81. The van der Waals surface area contributed by atoms with Crippen molar-refractivity contribution in [3.8, 4) is 0 Å². The van der Waals surface area contributed by atoms with Gasteiger partial charge >= 0.3 is 0 Å². The molecule has 3 aliphatic carbocycles. The minimum absolute atomic E-state index is 0.173. The van der Waals surface area contributed by atoms with Crippen molar-refractivity contribution in [2.45, 2.75) is 98.4 Å². The fourth-order valence-electron chi connectivity index (χ4n) is 7.56. The SMILES string of the molecule is CC1CC(C(C2CCCCC2O)C2CC(C)C(O)C(C)C2C)C(C)C(C)C1O. The Morgan fingerprint density at radius 2 is 1.00 bits per heavy atom. The van der Waals surface area contributed by atoms with Crippen LogP contribution in [0.25, 0.3) is 0 Å². The van der Waals surface area contributed by atoms with Crippen LogP contribution in [0.1, 0.15) is 80.1 Å². The van der Waals surface area contributed by atoms with Crippen LogP contribution in [-0.2, 0) is 0 Å². The first-order valence-corrected chi connectivity index (χ1v) is 12.2. The standard InChI is InChI=1S/C25H46O3/c1-13-11-20(15(3)17(5)24(13)27)23(19-9-7-8-10-22(19)26)21-12-14(2)25(28)18(6)16(21)4/h13-28H,7-12H2,1-6H3. The molecule has 12 atom stereocenters. The van der Waals surface area contributed by atoms with E-state index in [1.807, 2.05) is 0 Å². The van der Waals surface area contributed by atoms with Gasteiger partial charge in [-0.2, -0.15) is 0 Å². The summed E-state index contributed by atoms with van der Waals surface area (Å²) in [5.41, 5.74) is 0. The number of aliphatic hydroxyl groups excluding tert-OH is 3. The number of hydrogen-bond acceptors (Lipinski definition) is 3. The predicted octanol–water partition coefficient (Wildman–Crippen LogP) is 4.73. The van der Waals surface area contributed by atoms with Gasteiger partial charge in [-0.3, -0.25) is 0 Å². The number of aliphatic hydroxyl groups is 3. The first-order valence-electron chi connectivity index (χ1n) is 12.2. The summed E-state index contributed by atoms with van der Waals surface area (Å²) in [6.07, 6.45) is 6.07. The van der Waals surface area contributed by atoms with Gasteiger partial charge in [0.15, 0.2) is 0 Å². The molecule has 0 spiro atoms. The second-order valence-electron chi connectivity index (χ2n) is 11.3. The largest absolute Gasteiger partial charge is 0.393 e. The van der Waals surface area contributed by atoms with Crippen LogP contribution < -0.4 is 0 Å². The summed E-state index contributed by atoms with van der Waals surface area (Å²) in [5.74, 6) is 4.28. The lowest BCUT2D eigenvalue weighted by Gasteiger charge is -2.54. The monoisotopic (exact) mass is 394 g/mol. The topological polar surface area (TPSA) is 60.7 Å². The minimum atomic E-state index is -0.202. The van der Waals surface area contributed by atoms with E-state index in [1.165, 1.54) is 6.42 Å².